The van der Waals surface area contributed by atoms with Crippen LogP contribution in [-0.2, 0) is 9.47 Å². The van der Waals surface area contributed by atoms with Crippen LogP contribution in [0.3, 0.4) is 0 Å². The highest BCUT2D eigenvalue weighted by Crippen LogP contribution is 2.33. The Balaban J connectivity index is 1.61. The van der Waals surface area contributed by atoms with E-state index in [1.165, 1.54) is 4.57 Å². The highest BCUT2D eigenvalue weighted by molar-refractivity contribution is 5.87. The van der Waals surface area contributed by atoms with Crippen LogP contribution in [0.15, 0.2) is 30.5 Å². The quantitative estimate of drug-likeness (QED) is 0.467. The van der Waals surface area contributed by atoms with Crippen LogP contribution in [0, 0.1) is 0 Å². The van der Waals surface area contributed by atoms with Gasteiger partial charge < -0.3 is 14.4 Å². The SMILES string of the molecule is FC(F)c1nc2ccccc2n1-c1nc(N2CCOCC2)nc2c1cnn2C1CCOCC1. The first-order valence-corrected chi connectivity index (χ1v) is 11.1. The maximum absolute atomic E-state index is 14.1. The largest absolute Gasteiger partial charge is 0.381 e. The number of nitrogens with zero attached hydrogens (tertiary/aromatic N) is 7. The number of fused-ring (bicyclic) bond motifs is 2. The molecule has 2 saturated heterocycles. The number of halogens is 2. The molecule has 0 bridgehead atoms. The second-order valence-corrected chi connectivity index (χ2v) is 8.21. The van der Waals surface area contributed by atoms with Crippen molar-refractivity contribution < 1.29 is 18.3 Å². The van der Waals surface area contributed by atoms with E-state index in [-0.39, 0.29) is 11.9 Å². The number of alkyl halides is 2. The Morgan fingerprint density at radius 3 is 2.48 bits per heavy atom. The molecule has 1 aromatic carbocycles. The maximum Gasteiger partial charge on any atom is 0.296 e. The van der Waals surface area contributed by atoms with E-state index in [4.69, 9.17) is 19.4 Å². The average molecular weight is 455 g/mol. The van der Waals surface area contributed by atoms with E-state index in [9.17, 15) is 8.78 Å². The van der Waals surface area contributed by atoms with Gasteiger partial charge in [0, 0.05) is 26.3 Å². The Morgan fingerprint density at radius 1 is 0.939 bits per heavy atom. The van der Waals surface area contributed by atoms with Crippen molar-refractivity contribution in [2.45, 2.75) is 25.3 Å². The number of para-hydroxylation sites is 2. The minimum Gasteiger partial charge on any atom is -0.381 e. The van der Waals surface area contributed by atoms with Gasteiger partial charge in [-0.15, -0.1) is 0 Å². The summed E-state index contributed by atoms with van der Waals surface area (Å²) < 4.78 is 42.6. The predicted octanol–water partition coefficient (Wildman–Crippen LogP) is 3.29. The van der Waals surface area contributed by atoms with Crippen LogP contribution in [0.2, 0.25) is 0 Å². The summed E-state index contributed by atoms with van der Waals surface area (Å²) in [5.41, 5.74) is 1.69. The van der Waals surface area contributed by atoms with Gasteiger partial charge in [-0.2, -0.15) is 15.1 Å². The Kier molecular flexibility index (Phi) is 5.14. The standard InChI is InChI=1S/C22H23F2N7O2/c23-18(24)21-26-16-3-1-2-4-17(16)30(21)19-15-13-25-31(14-5-9-32-10-6-14)20(15)28-22(27-19)29-7-11-33-12-8-29/h1-4,13-14,18H,5-12H2. The first kappa shape index (κ1) is 20.4. The smallest absolute Gasteiger partial charge is 0.296 e. The van der Waals surface area contributed by atoms with Crippen LogP contribution in [0.5, 0.6) is 0 Å². The zero-order chi connectivity index (χ0) is 22.4. The molecule has 11 heteroatoms. The fraction of sp³-hybridized carbons (Fsp3) is 0.455. The number of morpholine rings is 1. The molecule has 4 aromatic rings. The number of hydrogen-bond acceptors (Lipinski definition) is 7. The molecule has 0 atom stereocenters. The van der Waals surface area contributed by atoms with Gasteiger partial charge in [0.25, 0.3) is 6.43 Å². The van der Waals surface area contributed by atoms with Crippen molar-refractivity contribution in [2.75, 3.05) is 44.4 Å². The number of hydrogen-bond donors (Lipinski definition) is 0. The average Bonchev–Trinajstić information content (AvgIpc) is 3.47. The molecular formula is C22H23F2N7O2. The van der Waals surface area contributed by atoms with E-state index in [1.54, 1.807) is 24.4 Å². The van der Waals surface area contributed by atoms with Gasteiger partial charge in [-0.3, -0.25) is 4.57 Å². The van der Waals surface area contributed by atoms with Crippen LogP contribution in [0.4, 0.5) is 14.7 Å². The van der Waals surface area contributed by atoms with E-state index in [2.05, 4.69) is 10.1 Å². The predicted molar refractivity (Wildman–Crippen MR) is 117 cm³/mol. The van der Waals surface area contributed by atoms with Gasteiger partial charge in [-0.1, -0.05) is 12.1 Å². The number of aromatic nitrogens is 6. The normalized spacial score (nSPS) is 18.1. The van der Waals surface area contributed by atoms with Gasteiger partial charge in [0.1, 0.15) is 0 Å². The van der Waals surface area contributed by atoms with Crippen molar-refractivity contribution >= 4 is 28.0 Å². The fourth-order valence-corrected chi connectivity index (χ4v) is 4.59. The topological polar surface area (TPSA) is 83.1 Å². The molecule has 0 radical (unpaired) electrons. The molecule has 0 aliphatic carbocycles. The lowest BCUT2D eigenvalue weighted by Gasteiger charge is -2.28. The van der Waals surface area contributed by atoms with Crippen molar-refractivity contribution in [1.29, 1.82) is 0 Å². The molecular weight excluding hydrogens is 432 g/mol. The third kappa shape index (κ3) is 3.51. The second kappa shape index (κ2) is 8.31. The molecule has 0 N–H and O–H groups in total. The number of benzene rings is 1. The summed E-state index contributed by atoms with van der Waals surface area (Å²) >= 11 is 0. The molecule has 0 spiro atoms. The Hall–Kier alpha value is -3.18. The van der Waals surface area contributed by atoms with Crippen molar-refractivity contribution in [2.24, 2.45) is 0 Å². The van der Waals surface area contributed by atoms with Gasteiger partial charge in [-0.05, 0) is 25.0 Å². The van der Waals surface area contributed by atoms with Crippen LogP contribution < -0.4 is 4.90 Å². The molecule has 0 amide bonds. The summed E-state index contributed by atoms with van der Waals surface area (Å²) in [6, 6.07) is 7.23. The van der Waals surface area contributed by atoms with E-state index in [1.807, 2.05) is 15.6 Å². The molecule has 9 nitrogen and oxygen atoms in total. The summed E-state index contributed by atoms with van der Waals surface area (Å²) in [4.78, 5) is 15.9. The first-order valence-electron chi connectivity index (χ1n) is 11.1. The Morgan fingerprint density at radius 2 is 1.70 bits per heavy atom. The molecule has 2 fully saturated rings. The zero-order valence-electron chi connectivity index (χ0n) is 17.9. The van der Waals surface area contributed by atoms with Gasteiger partial charge in [0.2, 0.25) is 5.95 Å². The lowest BCUT2D eigenvalue weighted by atomic mass is 10.1. The second-order valence-electron chi connectivity index (χ2n) is 8.21. The molecule has 3 aromatic heterocycles. The van der Waals surface area contributed by atoms with Gasteiger partial charge in [0.05, 0.1) is 41.9 Å². The Labute approximate surface area is 187 Å². The van der Waals surface area contributed by atoms with Gasteiger partial charge in [-0.25, -0.2) is 18.4 Å². The molecule has 0 unspecified atom stereocenters. The summed E-state index contributed by atoms with van der Waals surface area (Å²) in [6.07, 6.45) is 0.547. The molecule has 0 saturated carbocycles. The van der Waals surface area contributed by atoms with Crippen LogP contribution in [-0.4, -0.2) is 68.8 Å². The van der Waals surface area contributed by atoms with Crippen LogP contribution >= 0.6 is 0 Å². The third-order valence-electron chi connectivity index (χ3n) is 6.25. The van der Waals surface area contributed by atoms with Crippen molar-refractivity contribution in [3.63, 3.8) is 0 Å². The van der Waals surface area contributed by atoms with Crippen molar-refractivity contribution in [3.05, 3.63) is 36.3 Å². The van der Waals surface area contributed by atoms with Crippen molar-refractivity contribution in [1.82, 2.24) is 29.3 Å². The van der Waals surface area contributed by atoms with E-state index in [0.29, 0.717) is 73.4 Å². The van der Waals surface area contributed by atoms with Gasteiger partial charge in [0.15, 0.2) is 17.3 Å². The lowest BCUT2D eigenvalue weighted by molar-refractivity contribution is 0.0673. The van der Waals surface area contributed by atoms with E-state index < -0.39 is 6.43 Å². The number of ether oxygens (including phenoxy) is 2. The molecule has 172 valence electrons. The molecule has 2 aliphatic heterocycles. The van der Waals surface area contributed by atoms with Crippen LogP contribution in [0.1, 0.15) is 31.1 Å². The number of anilines is 1. The summed E-state index contributed by atoms with van der Waals surface area (Å²) in [7, 11) is 0. The van der Waals surface area contributed by atoms with E-state index in [0.717, 1.165) is 12.8 Å². The summed E-state index contributed by atoms with van der Waals surface area (Å²) in [6.45, 7) is 3.69. The summed E-state index contributed by atoms with van der Waals surface area (Å²) in [5, 5.41) is 5.24. The fourth-order valence-electron chi connectivity index (χ4n) is 4.59. The monoisotopic (exact) mass is 455 g/mol. The highest BCUT2D eigenvalue weighted by atomic mass is 19.3. The number of imidazole rings is 1. The minimum atomic E-state index is -2.76. The molecule has 6 rings (SSSR count). The van der Waals surface area contributed by atoms with Crippen LogP contribution in [0.25, 0.3) is 27.9 Å². The van der Waals surface area contributed by atoms with Crippen molar-refractivity contribution in [3.8, 4) is 5.82 Å². The maximum atomic E-state index is 14.1. The molecule has 2 aliphatic rings. The minimum absolute atomic E-state index is 0.130. The molecule has 5 heterocycles. The van der Waals surface area contributed by atoms with Gasteiger partial charge >= 0.3 is 0 Å². The first-order chi connectivity index (χ1) is 16.2. The highest BCUT2D eigenvalue weighted by Gasteiger charge is 2.27. The van der Waals surface area contributed by atoms with E-state index >= 15 is 0 Å². The molecule has 33 heavy (non-hydrogen) atoms. The Bertz CT molecular complexity index is 1290. The number of rotatable bonds is 4. The summed E-state index contributed by atoms with van der Waals surface area (Å²) in [5.74, 6) is 0.499. The zero-order valence-corrected chi connectivity index (χ0v) is 17.9. The lowest BCUT2D eigenvalue weighted by Crippen LogP contribution is -2.37. The third-order valence-corrected chi connectivity index (χ3v) is 6.25.